The minimum atomic E-state index is 0.179. The van der Waals surface area contributed by atoms with Gasteiger partial charge in [-0.2, -0.15) is 0 Å². The summed E-state index contributed by atoms with van der Waals surface area (Å²) >= 11 is 0. The van der Waals surface area contributed by atoms with Gasteiger partial charge >= 0.3 is 0 Å². The number of aromatic amines is 1. The topological polar surface area (TPSA) is 57.4 Å². The fourth-order valence-electron chi connectivity index (χ4n) is 2.49. The highest BCUT2D eigenvalue weighted by atomic mass is 16.5. The molecule has 1 aromatic rings. The Morgan fingerprint density at radius 1 is 1.63 bits per heavy atom. The van der Waals surface area contributed by atoms with Crippen LogP contribution in [0.25, 0.3) is 0 Å². The summed E-state index contributed by atoms with van der Waals surface area (Å²) in [4.78, 5) is 17.3. The van der Waals surface area contributed by atoms with Crippen molar-refractivity contribution in [1.82, 2.24) is 15.2 Å². The zero-order chi connectivity index (χ0) is 13.5. The van der Waals surface area contributed by atoms with Gasteiger partial charge in [-0.25, -0.2) is 0 Å². The van der Waals surface area contributed by atoms with Crippen LogP contribution >= 0.6 is 0 Å². The molecule has 1 saturated heterocycles. The standard InChI is InChI=1S/C14H23N3O2/c1-15-10-13-11-19-8-7-17(13)14(18)4-2-3-12-5-6-16-9-12/h5-6,9,13,15-16H,2-4,7-8,10-11H2,1H3. The molecule has 1 aliphatic heterocycles. The summed E-state index contributed by atoms with van der Waals surface area (Å²) in [5, 5.41) is 3.12. The van der Waals surface area contributed by atoms with Gasteiger partial charge in [0.1, 0.15) is 0 Å². The highest BCUT2D eigenvalue weighted by Crippen LogP contribution is 2.11. The number of H-pyrrole nitrogens is 1. The maximum atomic E-state index is 12.2. The smallest absolute Gasteiger partial charge is 0.223 e. The average Bonchev–Trinajstić information content (AvgIpc) is 2.93. The van der Waals surface area contributed by atoms with Gasteiger partial charge in [0.25, 0.3) is 0 Å². The molecule has 0 bridgehead atoms. The summed E-state index contributed by atoms with van der Waals surface area (Å²) in [5.41, 5.74) is 1.27. The molecule has 2 N–H and O–H groups in total. The van der Waals surface area contributed by atoms with Crippen molar-refractivity contribution < 1.29 is 9.53 Å². The molecule has 1 aromatic heterocycles. The highest BCUT2D eigenvalue weighted by molar-refractivity contribution is 5.76. The molecule has 0 aromatic carbocycles. The molecule has 19 heavy (non-hydrogen) atoms. The third-order valence-corrected chi connectivity index (χ3v) is 3.51. The first-order valence-corrected chi connectivity index (χ1v) is 6.94. The van der Waals surface area contributed by atoms with E-state index in [1.54, 1.807) is 0 Å². The van der Waals surface area contributed by atoms with Crippen LogP contribution in [0.3, 0.4) is 0 Å². The lowest BCUT2D eigenvalue weighted by molar-refractivity contribution is -0.139. The first kappa shape index (κ1) is 14.1. The van der Waals surface area contributed by atoms with Gasteiger partial charge in [0.15, 0.2) is 0 Å². The maximum Gasteiger partial charge on any atom is 0.223 e. The lowest BCUT2D eigenvalue weighted by Crippen LogP contribution is -2.52. The minimum absolute atomic E-state index is 0.179. The number of carbonyl (C=O) groups excluding carboxylic acids is 1. The predicted molar refractivity (Wildman–Crippen MR) is 74.0 cm³/mol. The molecule has 0 radical (unpaired) electrons. The van der Waals surface area contributed by atoms with Crippen LogP contribution in [0.5, 0.6) is 0 Å². The van der Waals surface area contributed by atoms with E-state index in [2.05, 4.69) is 16.4 Å². The largest absolute Gasteiger partial charge is 0.377 e. The molecular weight excluding hydrogens is 242 g/mol. The molecule has 0 spiro atoms. The predicted octanol–water partition coefficient (Wildman–Crippen LogP) is 0.784. The van der Waals surface area contributed by atoms with E-state index in [9.17, 15) is 4.79 Å². The molecule has 106 valence electrons. The Bertz CT molecular complexity index is 376. The number of rotatable bonds is 6. The van der Waals surface area contributed by atoms with Crippen molar-refractivity contribution in [3.8, 4) is 0 Å². The van der Waals surface area contributed by atoms with E-state index < -0.39 is 0 Å². The summed E-state index contributed by atoms with van der Waals surface area (Å²) < 4.78 is 5.44. The van der Waals surface area contributed by atoms with Crippen LogP contribution in [-0.2, 0) is 16.0 Å². The van der Waals surface area contributed by atoms with Crippen LogP contribution in [0.4, 0.5) is 0 Å². The normalized spacial score (nSPS) is 19.6. The second-order valence-electron chi connectivity index (χ2n) is 4.95. The van der Waals surface area contributed by atoms with E-state index in [1.807, 2.05) is 24.3 Å². The molecule has 2 rings (SSSR count). The van der Waals surface area contributed by atoms with E-state index in [4.69, 9.17) is 4.74 Å². The molecule has 2 heterocycles. The van der Waals surface area contributed by atoms with Gasteiger partial charge in [-0.15, -0.1) is 0 Å². The molecule has 0 aliphatic carbocycles. The first-order valence-electron chi connectivity index (χ1n) is 6.94. The second-order valence-corrected chi connectivity index (χ2v) is 4.95. The number of aromatic nitrogens is 1. The summed E-state index contributed by atoms with van der Waals surface area (Å²) in [5.74, 6) is 0.249. The van der Waals surface area contributed by atoms with E-state index in [0.29, 0.717) is 19.6 Å². The van der Waals surface area contributed by atoms with E-state index in [1.165, 1.54) is 5.56 Å². The van der Waals surface area contributed by atoms with Crippen molar-refractivity contribution in [2.24, 2.45) is 0 Å². The van der Waals surface area contributed by atoms with Crippen molar-refractivity contribution in [2.75, 3.05) is 33.4 Å². The van der Waals surface area contributed by atoms with Crippen molar-refractivity contribution in [1.29, 1.82) is 0 Å². The van der Waals surface area contributed by atoms with Gasteiger partial charge in [0, 0.05) is 31.9 Å². The molecule has 1 atom stereocenters. The third-order valence-electron chi connectivity index (χ3n) is 3.51. The Hall–Kier alpha value is -1.33. The van der Waals surface area contributed by atoms with E-state index >= 15 is 0 Å². The number of hydrogen-bond acceptors (Lipinski definition) is 3. The van der Waals surface area contributed by atoms with Gasteiger partial charge in [0.2, 0.25) is 5.91 Å². The quantitative estimate of drug-likeness (QED) is 0.799. The van der Waals surface area contributed by atoms with E-state index in [0.717, 1.165) is 25.9 Å². The molecule has 1 aliphatic rings. The third kappa shape index (κ3) is 4.08. The lowest BCUT2D eigenvalue weighted by Gasteiger charge is -2.35. The van der Waals surface area contributed by atoms with Crippen LogP contribution in [-0.4, -0.2) is 55.2 Å². The Kier molecular flexibility index (Phi) is 5.42. The van der Waals surface area contributed by atoms with Crippen molar-refractivity contribution in [2.45, 2.75) is 25.3 Å². The number of hydrogen-bond donors (Lipinski definition) is 2. The van der Waals surface area contributed by atoms with Gasteiger partial charge < -0.3 is 19.9 Å². The van der Waals surface area contributed by atoms with Crippen LogP contribution < -0.4 is 5.32 Å². The van der Waals surface area contributed by atoms with Crippen molar-refractivity contribution >= 4 is 5.91 Å². The minimum Gasteiger partial charge on any atom is -0.377 e. The molecule has 5 heteroatoms. The highest BCUT2D eigenvalue weighted by Gasteiger charge is 2.26. The van der Waals surface area contributed by atoms with Crippen molar-refractivity contribution in [3.05, 3.63) is 24.0 Å². The molecule has 5 nitrogen and oxygen atoms in total. The molecule has 1 unspecified atom stereocenters. The Labute approximate surface area is 114 Å². The fourth-order valence-corrected chi connectivity index (χ4v) is 2.49. The summed E-state index contributed by atoms with van der Waals surface area (Å²) in [6, 6.07) is 2.24. The Balaban J connectivity index is 1.77. The average molecular weight is 265 g/mol. The molecular formula is C14H23N3O2. The summed E-state index contributed by atoms with van der Waals surface area (Å²) in [6.07, 6.45) is 6.38. The Morgan fingerprint density at radius 3 is 3.26 bits per heavy atom. The molecule has 0 saturated carbocycles. The van der Waals surface area contributed by atoms with E-state index in [-0.39, 0.29) is 11.9 Å². The number of aryl methyl sites for hydroxylation is 1. The van der Waals surface area contributed by atoms with Gasteiger partial charge in [-0.05, 0) is 31.5 Å². The number of morpholine rings is 1. The molecule has 1 amide bonds. The number of nitrogens with one attached hydrogen (secondary N) is 2. The molecule has 1 fully saturated rings. The van der Waals surface area contributed by atoms with Gasteiger partial charge in [-0.3, -0.25) is 4.79 Å². The van der Waals surface area contributed by atoms with Crippen LogP contribution in [0, 0.1) is 0 Å². The monoisotopic (exact) mass is 265 g/mol. The zero-order valence-electron chi connectivity index (χ0n) is 11.5. The zero-order valence-corrected chi connectivity index (χ0v) is 11.5. The lowest BCUT2D eigenvalue weighted by atomic mass is 10.1. The number of likely N-dealkylation sites (N-methyl/N-ethyl adjacent to an activating group) is 1. The number of carbonyl (C=O) groups is 1. The van der Waals surface area contributed by atoms with Crippen molar-refractivity contribution in [3.63, 3.8) is 0 Å². The van der Waals surface area contributed by atoms with Crippen LogP contribution in [0.2, 0.25) is 0 Å². The summed E-state index contributed by atoms with van der Waals surface area (Å²) in [6.45, 7) is 2.81. The summed E-state index contributed by atoms with van der Waals surface area (Å²) in [7, 11) is 1.91. The first-order chi connectivity index (χ1) is 9.31. The van der Waals surface area contributed by atoms with Crippen LogP contribution in [0.1, 0.15) is 18.4 Å². The van der Waals surface area contributed by atoms with Crippen LogP contribution in [0.15, 0.2) is 18.5 Å². The Morgan fingerprint density at radius 2 is 2.53 bits per heavy atom. The number of nitrogens with zero attached hydrogens (tertiary/aromatic N) is 1. The number of ether oxygens (including phenoxy) is 1. The number of amides is 1. The maximum absolute atomic E-state index is 12.2. The van der Waals surface area contributed by atoms with Gasteiger partial charge in [0.05, 0.1) is 19.3 Å². The van der Waals surface area contributed by atoms with Gasteiger partial charge in [-0.1, -0.05) is 0 Å². The SMILES string of the molecule is CNCC1COCCN1C(=O)CCCc1cc[nH]c1. The fraction of sp³-hybridized carbons (Fsp3) is 0.643. The second kappa shape index (κ2) is 7.31.